The maximum atomic E-state index is 5.90. The van der Waals surface area contributed by atoms with Gasteiger partial charge in [0.25, 0.3) is 0 Å². The highest BCUT2D eigenvalue weighted by Crippen LogP contribution is 2.31. The van der Waals surface area contributed by atoms with Crippen molar-refractivity contribution in [1.29, 1.82) is 0 Å². The average Bonchev–Trinajstić information content (AvgIpc) is 3.17. The van der Waals surface area contributed by atoms with Crippen molar-refractivity contribution >= 4 is 11.2 Å². The third-order valence-electron chi connectivity index (χ3n) is 5.07. The van der Waals surface area contributed by atoms with Gasteiger partial charge in [-0.15, -0.1) is 0 Å². The third-order valence-corrected chi connectivity index (χ3v) is 5.07. The number of fused-ring (bicyclic) bond motifs is 1. The van der Waals surface area contributed by atoms with E-state index in [0.717, 1.165) is 43.0 Å². The Kier molecular flexibility index (Phi) is 3.84. The summed E-state index contributed by atoms with van der Waals surface area (Å²) in [4.78, 5) is 11.9. The van der Waals surface area contributed by atoms with Gasteiger partial charge in [0, 0.05) is 25.4 Å². The molecule has 2 aromatic rings. The molecule has 5 heteroatoms. The number of nitrogens with zero attached hydrogens (tertiary/aromatic N) is 4. The summed E-state index contributed by atoms with van der Waals surface area (Å²) in [7, 11) is 2.24. The van der Waals surface area contributed by atoms with Crippen molar-refractivity contribution in [3.05, 3.63) is 24.2 Å². The second kappa shape index (κ2) is 5.97. The Balaban J connectivity index is 1.71. The van der Waals surface area contributed by atoms with E-state index in [4.69, 9.17) is 9.72 Å². The number of pyridine rings is 1. The number of ether oxygens (including phenoxy) is 1. The summed E-state index contributed by atoms with van der Waals surface area (Å²) in [6.07, 6.45) is 8.11. The van der Waals surface area contributed by atoms with E-state index in [-0.39, 0.29) is 6.10 Å². The van der Waals surface area contributed by atoms with Crippen LogP contribution in [0.2, 0.25) is 0 Å². The number of hydrogen-bond acceptors (Lipinski definition) is 4. The topological polar surface area (TPSA) is 43.2 Å². The van der Waals surface area contributed by atoms with Crippen LogP contribution >= 0.6 is 0 Å². The summed E-state index contributed by atoms with van der Waals surface area (Å²) >= 11 is 0. The Hall–Kier alpha value is -1.46. The first-order chi connectivity index (χ1) is 10.8. The van der Waals surface area contributed by atoms with E-state index < -0.39 is 0 Å². The number of imidazole rings is 1. The van der Waals surface area contributed by atoms with Gasteiger partial charge < -0.3 is 14.2 Å². The van der Waals surface area contributed by atoms with Crippen molar-refractivity contribution in [2.24, 2.45) is 0 Å². The van der Waals surface area contributed by atoms with Crippen molar-refractivity contribution in [1.82, 2.24) is 19.4 Å². The van der Waals surface area contributed by atoms with E-state index >= 15 is 0 Å². The lowest BCUT2D eigenvalue weighted by Gasteiger charge is -2.33. The smallest absolute Gasteiger partial charge is 0.160 e. The number of likely N-dealkylation sites (N-methyl/N-ethyl adjacent to an activating group) is 1. The average molecular weight is 300 g/mol. The molecule has 0 N–H and O–H groups in total. The number of piperidine rings is 1. The minimum Gasteiger partial charge on any atom is -0.370 e. The van der Waals surface area contributed by atoms with Crippen LogP contribution in [0.25, 0.3) is 11.2 Å². The van der Waals surface area contributed by atoms with E-state index in [1.807, 2.05) is 12.3 Å². The molecule has 2 aromatic heterocycles. The molecule has 0 aromatic carbocycles. The second-order valence-electron chi connectivity index (χ2n) is 6.56. The molecular formula is C17H24N4O. The van der Waals surface area contributed by atoms with Crippen LogP contribution < -0.4 is 0 Å². The molecule has 5 nitrogen and oxygen atoms in total. The minimum atomic E-state index is 0.142. The highest BCUT2D eigenvalue weighted by molar-refractivity contribution is 5.71. The zero-order valence-corrected chi connectivity index (χ0v) is 13.2. The molecule has 2 unspecified atom stereocenters. The molecule has 2 atom stereocenters. The monoisotopic (exact) mass is 300 g/mol. The molecular weight excluding hydrogens is 276 g/mol. The number of likely N-dealkylation sites (tertiary alicyclic amines) is 1. The van der Waals surface area contributed by atoms with Crippen LogP contribution in [-0.2, 0) is 11.3 Å². The van der Waals surface area contributed by atoms with Gasteiger partial charge in [-0.25, -0.2) is 9.97 Å². The fourth-order valence-corrected chi connectivity index (χ4v) is 3.77. The predicted octanol–water partition coefficient (Wildman–Crippen LogP) is 2.77. The highest BCUT2D eigenvalue weighted by Gasteiger charge is 2.27. The summed E-state index contributed by atoms with van der Waals surface area (Å²) in [6.45, 7) is 3.02. The zero-order valence-electron chi connectivity index (χ0n) is 13.2. The lowest BCUT2D eigenvalue weighted by atomic mass is 10.0. The van der Waals surface area contributed by atoms with Gasteiger partial charge in [-0.3, -0.25) is 0 Å². The lowest BCUT2D eigenvalue weighted by molar-refractivity contribution is 0.0985. The Labute approximate surface area is 131 Å². The van der Waals surface area contributed by atoms with E-state index in [2.05, 4.69) is 27.6 Å². The zero-order chi connectivity index (χ0) is 14.9. The summed E-state index contributed by atoms with van der Waals surface area (Å²) in [5, 5.41) is 0. The molecule has 2 saturated heterocycles. The fraction of sp³-hybridized carbons (Fsp3) is 0.647. The highest BCUT2D eigenvalue weighted by atomic mass is 16.5. The predicted molar refractivity (Wildman–Crippen MR) is 85.7 cm³/mol. The Morgan fingerprint density at radius 1 is 1.27 bits per heavy atom. The standard InChI is InChI=1S/C17H24N4O/c1-20-10-3-2-6-13(20)12-21-16-14(7-4-9-18-16)19-17(21)15-8-5-11-22-15/h4,7,9,13,15H,2-3,5-6,8,10-12H2,1H3. The third kappa shape index (κ3) is 2.52. The normalized spacial score (nSPS) is 26.8. The molecule has 0 radical (unpaired) electrons. The molecule has 0 spiro atoms. The van der Waals surface area contributed by atoms with Crippen molar-refractivity contribution in [3.8, 4) is 0 Å². The van der Waals surface area contributed by atoms with Crippen LogP contribution in [0.1, 0.15) is 44.0 Å². The van der Waals surface area contributed by atoms with Crippen LogP contribution in [0.15, 0.2) is 18.3 Å². The number of aromatic nitrogens is 3. The maximum Gasteiger partial charge on any atom is 0.160 e. The molecule has 0 amide bonds. The first-order valence-electron chi connectivity index (χ1n) is 8.46. The minimum absolute atomic E-state index is 0.142. The van der Waals surface area contributed by atoms with Crippen molar-refractivity contribution in [2.75, 3.05) is 20.2 Å². The van der Waals surface area contributed by atoms with Gasteiger partial charge in [-0.2, -0.15) is 0 Å². The summed E-state index contributed by atoms with van der Waals surface area (Å²) in [6, 6.07) is 4.60. The lowest BCUT2D eigenvalue weighted by Crippen LogP contribution is -2.39. The Morgan fingerprint density at radius 2 is 2.23 bits per heavy atom. The number of rotatable bonds is 3. The van der Waals surface area contributed by atoms with Crippen molar-refractivity contribution in [3.63, 3.8) is 0 Å². The molecule has 22 heavy (non-hydrogen) atoms. The first-order valence-corrected chi connectivity index (χ1v) is 8.46. The summed E-state index contributed by atoms with van der Waals surface area (Å²) in [5.41, 5.74) is 2.00. The van der Waals surface area contributed by atoms with Crippen molar-refractivity contribution in [2.45, 2.75) is 50.8 Å². The Bertz CT molecular complexity index is 647. The van der Waals surface area contributed by atoms with Crippen LogP contribution in [0.5, 0.6) is 0 Å². The van der Waals surface area contributed by atoms with Gasteiger partial charge in [-0.05, 0) is 51.4 Å². The summed E-state index contributed by atoms with van der Waals surface area (Å²) < 4.78 is 8.22. The maximum absolute atomic E-state index is 5.90. The van der Waals surface area contributed by atoms with Crippen LogP contribution in [-0.4, -0.2) is 45.7 Å². The van der Waals surface area contributed by atoms with Gasteiger partial charge in [0.1, 0.15) is 17.4 Å². The van der Waals surface area contributed by atoms with Gasteiger partial charge >= 0.3 is 0 Å². The summed E-state index contributed by atoms with van der Waals surface area (Å²) in [5.74, 6) is 1.07. The quantitative estimate of drug-likeness (QED) is 0.874. The second-order valence-corrected chi connectivity index (χ2v) is 6.56. The van der Waals surface area contributed by atoms with Crippen LogP contribution in [0, 0.1) is 0 Å². The van der Waals surface area contributed by atoms with E-state index in [9.17, 15) is 0 Å². The van der Waals surface area contributed by atoms with Gasteiger partial charge in [0.2, 0.25) is 0 Å². The molecule has 0 bridgehead atoms. The molecule has 4 heterocycles. The molecule has 118 valence electrons. The van der Waals surface area contributed by atoms with E-state index in [1.54, 1.807) is 0 Å². The molecule has 4 rings (SSSR count). The van der Waals surface area contributed by atoms with Gasteiger partial charge in [-0.1, -0.05) is 6.42 Å². The van der Waals surface area contributed by atoms with Crippen molar-refractivity contribution < 1.29 is 4.74 Å². The molecule has 2 aliphatic heterocycles. The SMILES string of the molecule is CN1CCCCC1Cn1c(C2CCCO2)nc2cccnc21. The molecule has 0 aliphatic carbocycles. The van der Waals surface area contributed by atoms with E-state index in [1.165, 1.54) is 25.8 Å². The molecule has 0 saturated carbocycles. The molecule has 2 aliphatic rings. The molecule has 2 fully saturated rings. The van der Waals surface area contributed by atoms with Gasteiger partial charge in [0.15, 0.2) is 5.65 Å². The van der Waals surface area contributed by atoms with Gasteiger partial charge in [0.05, 0.1) is 0 Å². The fourth-order valence-electron chi connectivity index (χ4n) is 3.77. The van der Waals surface area contributed by atoms with Crippen LogP contribution in [0.3, 0.4) is 0 Å². The van der Waals surface area contributed by atoms with Crippen LogP contribution in [0.4, 0.5) is 0 Å². The first kappa shape index (κ1) is 14.2. The van der Waals surface area contributed by atoms with E-state index in [0.29, 0.717) is 6.04 Å². The largest absolute Gasteiger partial charge is 0.370 e. The Morgan fingerprint density at radius 3 is 3.05 bits per heavy atom. The number of hydrogen-bond donors (Lipinski definition) is 0.